The van der Waals surface area contributed by atoms with Crippen LogP contribution in [0.3, 0.4) is 0 Å². The molecule has 0 aliphatic carbocycles. The van der Waals surface area contributed by atoms with E-state index in [0.717, 1.165) is 37.4 Å². The van der Waals surface area contributed by atoms with Gasteiger partial charge in [0.15, 0.2) is 0 Å². The van der Waals surface area contributed by atoms with Crippen LogP contribution in [0.25, 0.3) is 0 Å². The molecule has 1 aliphatic rings. The standard InChI is InChI=1S/C12H19N3O2/c1-8-9(2)17-11(15-8)7-14-12(16)10-4-3-5-13-6-10/h10,13H,3-7H2,1-2H3,(H,14,16)/t10-/m0/s1. The number of amides is 1. The van der Waals surface area contributed by atoms with Gasteiger partial charge in [-0.1, -0.05) is 0 Å². The second-order valence-corrected chi connectivity index (χ2v) is 4.51. The molecule has 94 valence electrons. The van der Waals surface area contributed by atoms with Crippen molar-refractivity contribution in [2.24, 2.45) is 5.92 Å². The summed E-state index contributed by atoms with van der Waals surface area (Å²) < 4.78 is 5.41. The molecular formula is C12H19N3O2. The molecular weight excluding hydrogens is 218 g/mol. The van der Waals surface area contributed by atoms with Gasteiger partial charge in [-0.3, -0.25) is 4.79 Å². The Morgan fingerprint density at radius 3 is 3.00 bits per heavy atom. The summed E-state index contributed by atoms with van der Waals surface area (Å²) in [5.41, 5.74) is 0.883. The summed E-state index contributed by atoms with van der Waals surface area (Å²) in [5, 5.41) is 6.10. The normalized spacial score (nSPS) is 20.2. The van der Waals surface area contributed by atoms with Crippen molar-refractivity contribution in [1.29, 1.82) is 0 Å². The van der Waals surface area contributed by atoms with E-state index in [4.69, 9.17) is 4.42 Å². The number of carbonyl (C=O) groups is 1. The number of nitrogens with zero attached hydrogens (tertiary/aromatic N) is 1. The van der Waals surface area contributed by atoms with Crippen LogP contribution in [0, 0.1) is 19.8 Å². The number of aromatic nitrogens is 1. The van der Waals surface area contributed by atoms with Crippen LogP contribution >= 0.6 is 0 Å². The Balaban J connectivity index is 1.83. The predicted molar refractivity (Wildman–Crippen MR) is 63.4 cm³/mol. The summed E-state index contributed by atoms with van der Waals surface area (Å²) in [5.74, 6) is 1.57. The highest BCUT2D eigenvalue weighted by atomic mass is 16.4. The molecule has 0 aromatic carbocycles. The van der Waals surface area contributed by atoms with Gasteiger partial charge in [0, 0.05) is 6.54 Å². The second-order valence-electron chi connectivity index (χ2n) is 4.51. The monoisotopic (exact) mass is 237 g/mol. The Bertz CT molecular complexity index is 375. The van der Waals surface area contributed by atoms with Crippen LogP contribution in [0.4, 0.5) is 0 Å². The van der Waals surface area contributed by atoms with Crippen LogP contribution < -0.4 is 10.6 Å². The summed E-state index contributed by atoms with van der Waals surface area (Å²) in [4.78, 5) is 16.1. The smallest absolute Gasteiger partial charge is 0.224 e. The summed E-state index contributed by atoms with van der Waals surface area (Å²) >= 11 is 0. The van der Waals surface area contributed by atoms with Gasteiger partial charge < -0.3 is 15.1 Å². The minimum Gasteiger partial charge on any atom is -0.444 e. The number of rotatable bonds is 3. The summed E-state index contributed by atoms with van der Waals surface area (Å²) in [7, 11) is 0. The molecule has 1 atom stereocenters. The van der Waals surface area contributed by atoms with Crippen LogP contribution in [0.5, 0.6) is 0 Å². The third-order valence-corrected chi connectivity index (χ3v) is 3.15. The molecule has 1 amide bonds. The van der Waals surface area contributed by atoms with Crippen LogP contribution in [0.1, 0.15) is 30.2 Å². The van der Waals surface area contributed by atoms with E-state index in [1.54, 1.807) is 0 Å². The molecule has 2 N–H and O–H groups in total. The van der Waals surface area contributed by atoms with Crippen molar-refractivity contribution < 1.29 is 9.21 Å². The molecule has 0 saturated carbocycles. The van der Waals surface area contributed by atoms with Crippen LogP contribution in [-0.4, -0.2) is 24.0 Å². The Kier molecular flexibility index (Phi) is 3.78. The highest BCUT2D eigenvalue weighted by Gasteiger charge is 2.20. The van der Waals surface area contributed by atoms with Gasteiger partial charge in [0.2, 0.25) is 11.8 Å². The van der Waals surface area contributed by atoms with Crippen molar-refractivity contribution in [1.82, 2.24) is 15.6 Å². The molecule has 0 spiro atoms. The average molecular weight is 237 g/mol. The molecule has 17 heavy (non-hydrogen) atoms. The summed E-state index contributed by atoms with van der Waals surface area (Å²) in [6, 6.07) is 0. The van der Waals surface area contributed by atoms with Gasteiger partial charge in [-0.25, -0.2) is 4.98 Å². The van der Waals surface area contributed by atoms with E-state index in [1.807, 2.05) is 13.8 Å². The zero-order valence-corrected chi connectivity index (χ0v) is 10.4. The van der Waals surface area contributed by atoms with Gasteiger partial charge in [0.25, 0.3) is 0 Å². The molecule has 5 heteroatoms. The minimum atomic E-state index is 0.0842. The van der Waals surface area contributed by atoms with Crippen LogP contribution in [0.15, 0.2) is 4.42 Å². The first-order valence-electron chi connectivity index (χ1n) is 6.08. The lowest BCUT2D eigenvalue weighted by atomic mass is 9.99. The van der Waals surface area contributed by atoms with E-state index in [2.05, 4.69) is 15.6 Å². The molecule has 0 radical (unpaired) electrons. The van der Waals surface area contributed by atoms with Crippen LogP contribution in [-0.2, 0) is 11.3 Å². The van der Waals surface area contributed by atoms with Crippen molar-refractivity contribution in [3.05, 3.63) is 17.3 Å². The molecule has 0 bridgehead atoms. The van der Waals surface area contributed by atoms with Crippen molar-refractivity contribution >= 4 is 5.91 Å². The zero-order chi connectivity index (χ0) is 12.3. The number of carbonyl (C=O) groups excluding carboxylic acids is 1. The lowest BCUT2D eigenvalue weighted by molar-refractivity contribution is -0.125. The zero-order valence-electron chi connectivity index (χ0n) is 10.4. The SMILES string of the molecule is Cc1nc(CNC(=O)[C@H]2CCCNC2)oc1C. The maximum absolute atomic E-state index is 11.8. The molecule has 0 unspecified atom stereocenters. The first-order chi connectivity index (χ1) is 8.16. The number of piperidine rings is 1. The fourth-order valence-corrected chi connectivity index (χ4v) is 2.00. The maximum Gasteiger partial charge on any atom is 0.224 e. The van der Waals surface area contributed by atoms with Crippen molar-refractivity contribution in [3.63, 3.8) is 0 Å². The van der Waals surface area contributed by atoms with Crippen molar-refractivity contribution in [2.45, 2.75) is 33.2 Å². The van der Waals surface area contributed by atoms with Crippen LogP contribution in [0.2, 0.25) is 0 Å². The summed E-state index contributed by atoms with van der Waals surface area (Å²) in [6.07, 6.45) is 2.03. The number of hydrogen-bond donors (Lipinski definition) is 2. The van der Waals surface area contributed by atoms with E-state index >= 15 is 0 Å². The van der Waals surface area contributed by atoms with E-state index in [9.17, 15) is 4.79 Å². The fourth-order valence-electron chi connectivity index (χ4n) is 2.00. The minimum absolute atomic E-state index is 0.0842. The van der Waals surface area contributed by atoms with Gasteiger partial charge in [0.05, 0.1) is 18.2 Å². The van der Waals surface area contributed by atoms with Gasteiger partial charge in [0.1, 0.15) is 5.76 Å². The Hall–Kier alpha value is -1.36. The quantitative estimate of drug-likeness (QED) is 0.820. The van der Waals surface area contributed by atoms with Gasteiger partial charge >= 0.3 is 0 Å². The Morgan fingerprint density at radius 1 is 1.59 bits per heavy atom. The molecule has 1 aliphatic heterocycles. The lowest BCUT2D eigenvalue weighted by Gasteiger charge is -2.21. The van der Waals surface area contributed by atoms with Gasteiger partial charge in [-0.15, -0.1) is 0 Å². The van der Waals surface area contributed by atoms with E-state index in [0.29, 0.717) is 12.4 Å². The van der Waals surface area contributed by atoms with E-state index in [-0.39, 0.29) is 11.8 Å². The lowest BCUT2D eigenvalue weighted by Crippen LogP contribution is -2.40. The molecule has 5 nitrogen and oxygen atoms in total. The third kappa shape index (κ3) is 3.06. The second kappa shape index (κ2) is 5.31. The van der Waals surface area contributed by atoms with Gasteiger partial charge in [-0.05, 0) is 33.2 Å². The molecule has 1 aromatic heterocycles. The van der Waals surface area contributed by atoms with Gasteiger partial charge in [-0.2, -0.15) is 0 Å². The number of nitrogens with one attached hydrogen (secondary N) is 2. The number of hydrogen-bond acceptors (Lipinski definition) is 4. The molecule has 1 saturated heterocycles. The molecule has 1 aromatic rings. The molecule has 2 heterocycles. The van der Waals surface area contributed by atoms with Crippen molar-refractivity contribution in [2.75, 3.05) is 13.1 Å². The number of oxazole rings is 1. The fraction of sp³-hybridized carbons (Fsp3) is 0.667. The molecule has 2 rings (SSSR count). The largest absolute Gasteiger partial charge is 0.444 e. The average Bonchev–Trinajstić information content (AvgIpc) is 2.67. The van der Waals surface area contributed by atoms with E-state index in [1.165, 1.54) is 0 Å². The number of aryl methyl sites for hydroxylation is 2. The van der Waals surface area contributed by atoms with E-state index < -0.39 is 0 Å². The third-order valence-electron chi connectivity index (χ3n) is 3.15. The maximum atomic E-state index is 11.8. The predicted octanol–water partition coefficient (Wildman–Crippen LogP) is 0.907. The Labute approximate surface area is 101 Å². The first kappa shape index (κ1) is 12.1. The Morgan fingerprint density at radius 2 is 2.41 bits per heavy atom. The topological polar surface area (TPSA) is 67.2 Å². The molecule has 1 fully saturated rings. The van der Waals surface area contributed by atoms with Crippen molar-refractivity contribution in [3.8, 4) is 0 Å². The highest BCUT2D eigenvalue weighted by Crippen LogP contribution is 2.11. The highest BCUT2D eigenvalue weighted by molar-refractivity contribution is 5.78. The first-order valence-corrected chi connectivity index (χ1v) is 6.08. The summed E-state index contributed by atoms with van der Waals surface area (Å²) in [6.45, 7) is 5.94.